The smallest absolute Gasteiger partial charge is 0.202 e. The van der Waals surface area contributed by atoms with E-state index in [-0.39, 0.29) is 5.82 Å². The van der Waals surface area contributed by atoms with Gasteiger partial charge in [0, 0.05) is 7.05 Å². The third kappa shape index (κ3) is 1.85. The van der Waals surface area contributed by atoms with Crippen molar-refractivity contribution < 1.29 is 4.39 Å². The number of rotatable bonds is 2. The number of fused-ring (bicyclic) bond motifs is 1. The zero-order valence-electron chi connectivity index (χ0n) is 10.8. The maximum absolute atomic E-state index is 12.9. The van der Waals surface area contributed by atoms with Crippen LogP contribution in [0.5, 0.6) is 0 Å². The molecule has 0 saturated heterocycles. The van der Waals surface area contributed by atoms with Crippen LogP contribution in [0.15, 0.2) is 24.3 Å². The first kappa shape index (κ1) is 11.7. The Morgan fingerprint density at radius 3 is 2.63 bits per heavy atom. The number of hydrogen-bond acceptors (Lipinski definition) is 3. The number of imidazole rings is 1. The van der Waals surface area contributed by atoms with Crippen molar-refractivity contribution in [3.63, 3.8) is 0 Å². The first-order chi connectivity index (χ1) is 9.06. The summed E-state index contributed by atoms with van der Waals surface area (Å²) in [6.07, 6.45) is 0. The Morgan fingerprint density at radius 2 is 1.95 bits per heavy atom. The van der Waals surface area contributed by atoms with Crippen molar-refractivity contribution in [3.05, 3.63) is 41.3 Å². The fourth-order valence-electron chi connectivity index (χ4n) is 2.28. The highest BCUT2D eigenvalue weighted by molar-refractivity contribution is 5.77. The number of aryl methyl sites for hydroxylation is 2. The number of aromatic nitrogens is 4. The third-order valence-corrected chi connectivity index (χ3v) is 3.17. The molecule has 0 saturated carbocycles. The van der Waals surface area contributed by atoms with E-state index in [1.54, 1.807) is 16.8 Å². The topological polar surface area (TPSA) is 61.7 Å². The number of nitrogens with zero attached hydrogens (tertiary/aromatic N) is 4. The standard InChI is InChI=1S/C13H14FN5/c1-8-11-12(18(2)17-8)19(13(15)16-11)7-9-3-5-10(14)6-4-9/h3-6H,7H2,1-2H3,(H2,15,16). The molecule has 0 fully saturated rings. The molecule has 1 aromatic carbocycles. The maximum atomic E-state index is 12.9. The van der Waals surface area contributed by atoms with E-state index < -0.39 is 0 Å². The Balaban J connectivity index is 2.09. The van der Waals surface area contributed by atoms with E-state index in [2.05, 4.69) is 10.1 Å². The highest BCUT2D eigenvalue weighted by Crippen LogP contribution is 2.21. The van der Waals surface area contributed by atoms with Crippen LogP contribution in [0.25, 0.3) is 11.2 Å². The number of anilines is 1. The predicted octanol–water partition coefficient (Wildman–Crippen LogP) is 1.85. The van der Waals surface area contributed by atoms with Crippen LogP contribution < -0.4 is 5.73 Å². The Kier molecular flexibility index (Phi) is 2.51. The van der Waals surface area contributed by atoms with Crippen LogP contribution in [0.1, 0.15) is 11.3 Å². The highest BCUT2D eigenvalue weighted by Gasteiger charge is 2.15. The molecule has 0 radical (unpaired) electrons. The second-order valence-corrected chi connectivity index (χ2v) is 4.56. The Bertz CT molecular complexity index is 739. The Hall–Kier alpha value is -2.37. The largest absolute Gasteiger partial charge is 0.369 e. The van der Waals surface area contributed by atoms with Crippen molar-refractivity contribution in [1.29, 1.82) is 0 Å². The lowest BCUT2D eigenvalue weighted by Gasteiger charge is -2.07. The fourth-order valence-corrected chi connectivity index (χ4v) is 2.28. The first-order valence-electron chi connectivity index (χ1n) is 5.96. The molecular formula is C13H14FN5. The molecule has 0 aliphatic heterocycles. The molecule has 0 aliphatic carbocycles. The van der Waals surface area contributed by atoms with E-state index in [1.807, 2.05) is 18.5 Å². The number of hydrogen-bond donors (Lipinski definition) is 1. The fraction of sp³-hybridized carbons (Fsp3) is 0.231. The minimum atomic E-state index is -0.246. The monoisotopic (exact) mass is 259 g/mol. The van der Waals surface area contributed by atoms with Gasteiger partial charge in [-0.25, -0.2) is 9.37 Å². The van der Waals surface area contributed by atoms with Crippen LogP contribution in [0.2, 0.25) is 0 Å². The van der Waals surface area contributed by atoms with Crippen molar-refractivity contribution in [2.75, 3.05) is 5.73 Å². The van der Waals surface area contributed by atoms with Crippen molar-refractivity contribution in [3.8, 4) is 0 Å². The molecule has 0 unspecified atom stereocenters. The molecule has 0 spiro atoms. The van der Waals surface area contributed by atoms with Gasteiger partial charge < -0.3 is 5.73 Å². The van der Waals surface area contributed by atoms with Crippen LogP contribution >= 0.6 is 0 Å². The summed E-state index contributed by atoms with van der Waals surface area (Å²) in [4.78, 5) is 4.33. The highest BCUT2D eigenvalue weighted by atomic mass is 19.1. The molecular weight excluding hydrogens is 245 g/mol. The van der Waals surface area contributed by atoms with Gasteiger partial charge in [-0.1, -0.05) is 12.1 Å². The van der Waals surface area contributed by atoms with Gasteiger partial charge in [-0.2, -0.15) is 5.10 Å². The number of nitrogens with two attached hydrogens (primary N) is 1. The molecule has 0 atom stereocenters. The van der Waals surface area contributed by atoms with Crippen LogP contribution in [0.4, 0.5) is 10.3 Å². The summed E-state index contributed by atoms with van der Waals surface area (Å²) in [5.74, 6) is 0.194. The number of benzene rings is 1. The van der Waals surface area contributed by atoms with Gasteiger partial charge in [0.05, 0.1) is 12.2 Å². The summed E-state index contributed by atoms with van der Waals surface area (Å²) < 4.78 is 16.5. The zero-order valence-corrected chi connectivity index (χ0v) is 10.8. The van der Waals surface area contributed by atoms with Crippen molar-refractivity contribution in [1.82, 2.24) is 19.3 Å². The number of nitrogen functional groups attached to an aromatic ring is 1. The molecule has 2 N–H and O–H groups in total. The summed E-state index contributed by atoms with van der Waals surface area (Å²) in [6, 6.07) is 6.36. The van der Waals surface area contributed by atoms with Gasteiger partial charge in [0.2, 0.25) is 5.95 Å². The molecule has 2 heterocycles. The van der Waals surface area contributed by atoms with Crippen molar-refractivity contribution in [2.24, 2.45) is 7.05 Å². The maximum Gasteiger partial charge on any atom is 0.202 e. The lowest BCUT2D eigenvalue weighted by atomic mass is 10.2. The van der Waals surface area contributed by atoms with Crippen molar-refractivity contribution in [2.45, 2.75) is 13.5 Å². The van der Waals surface area contributed by atoms with E-state index in [9.17, 15) is 4.39 Å². The lowest BCUT2D eigenvalue weighted by Crippen LogP contribution is -2.08. The predicted molar refractivity (Wildman–Crippen MR) is 71.2 cm³/mol. The SMILES string of the molecule is Cc1nn(C)c2c1nc(N)n2Cc1ccc(F)cc1. The molecule has 0 bridgehead atoms. The first-order valence-corrected chi connectivity index (χ1v) is 5.96. The van der Waals surface area contributed by atoms with Crippen LogP contribution in [-0.4, -0.2) is 19.3 Å². The average Bonchev–Trinajstić information content (AvgIpc) is 2.82. The molecule has 98 valence electrons. The van der Waals surface area contributed by atoms with Gasteiger partial charge in [-0.3, -0.25) is 9.25 Å². The van der Waals surface area contributed by atoms with Crippen LogP contribution in [-0.2, 0) is 13.6 Å². The summed E-state index contributed by atoms with van der Waals surface area (Å²) in [7, 11) is 1.86. The zero-order chi connectivity index (χ0) is 13.6. The van der Waals surface area contributed by atoms with Crippen LogP contribution in [0.3, 0.4) is 0 Å². The second-order valence-electron chi connectivity index (χ2n) is 4.56. The molecule has 0 aliphatic rings. The van der Waals surface area contributed by atoms with Gasteiger partial charge in [0.25, 0.3) is 0 Å². The minimum absolute atomic E-state index is 0.246. The van der Waals surface area contributed by atoms with Crippen molar-refractivity contribution >= 4 is 17.1 Å². The summed E-state index contributed by atoms with van der Waals surface area (Å²) in [6.45, 7) is 2.44. The molecule has 6 heteroatoms. The molecule has 2 aromatic heterocycles. The summed E-state index contributed by atoms with van der Waals surface area (Å²) in [5.41, 5.74) is 9.45. The minimum Gasteiger partial charge on any atom is -0.369 e. The third-order valence-electron chi connectivity index (χ3n) is 3.17. The molecule has 3 rings (SSSR count). The number of halogens is 1. The summed E-state index contributed by atoms with van der Waals surface area (Å²) >= 11 is 0. The summed E-state index contributed by atoms with van der Waals surface area (Å²) in [5, 5.41) is 4.33. The van der Waals surface area contributed by atoms with Gasteiger partial charge in [-0.15, -0.1) is 0 Å². The molecule has 19 heavy (non-hydrogen) atoms. The van der Waals surface area contributed by atoms with Gasteiger partial charge >= 0.3 is 0 Å². The molecule has 5 nitrogen and oxygen atoms in total. The van der Waals surface area contributed by atoms with E-state index in [4.69, 9.17) is 5.73 Å². The van der Waals surface area contributed by atoms with Gasteiger partial charge in [-0.05, 0) is 24.6 Å². The van der Waals surface area contributed by atoms with E-state index in [1.165, 1.54) is 12.1 Å². The van der Waals surface area contributed by atoms with E-state index in [0.717, 1.165) is 22.4 Å². The normalized spacial score (nSPS) is 11.3. The lowest BCUT2D eigenvalue weighted by molar-refractivity contribution is 0.626. The van der Waals surface area contributed by atoms with E-state index >= 15 is 0 Å². The van der Waals surface area contributed by atoms with Gasteiger partial charge in [0.1, 0.15) is 11.3 Å². The second kappa shape index (κ2) is 4.08. The van der Waals surface area contributed by atoms with Crippen LogP contribution in [0, 0.1) is 12.7 Å². The van der Waals surface area contributed by atoms with E-state index in [0.29, 0.717) is 12.5 Å². The molecule has 3 aromatic rings. The van der Waals surface area contributed by atoms with Gasteiger partial charge in [0.15, 0.2) is 5.65 Å². The molecule has 0 amide bonds. The Labute approximate surface area is 109 Å². The quantitative estimate of drug-likeness (QED) is 0.764. The Morgan fingerprint density at radius 1 is 1.26 bits per heavy atom. The average molecular weight is 259 g/mol.